The fourth-order valence-electron chi connectivity index (χ4n) is 3.65. The van der Waals surface area contributed by atoms with Crippen LogP contribution in [0.4, 0.5) is 0 Å². The zero-order valence-corrected chi connectivity index (χ0v) is 16.1. The summed E-state index contributed by atoms with van der Waals surface area (Å²) in [6.07, 6.45) is 0.456. The normalized spacial score (nSPS) is 19.8. The molecule has 144 valence electrons. The standard InChI is InChI=1S/C18H31NO6/c1-7-18(6,15(24)25-19-13(22)8-9-14(19)23)17(4,5)12(10-20)16(2,3)11-21/h12,20-21H,7-11H2,1-6H3/t12-,18?/m1/s1. The maximum Gasteiger partial charge on any atom is 0.339 e. The van der Waals surface area contributed by atoms with Crippen molar-refractivity contribution < 1.29 is 29.4 Å². The van der Waals surface area contributed by atoms with Gasteiger partial charge in [-0.15, -0.1) is 5.06 Å². The van der Waals surface area contributed by atoms with Crippen LogP contribution in [0.15, 0.2) is 0 Å². The fraction of sp³-hybridized carbons (Fsp3) is 0.833. The van der Waals surface area contributed by atoms with E-state index in [1.165, 1.54) is 0 Å². The molecule has 0 aliphatic carbocycles. The minimum Gasteiger partial charge on any atom is -0.396 e. The lowest BCUT2D eigenvalue weighted by Gasteiger charge is -2.51. The highest BCUT2D eigenvalue weighted by Crippen LogP contribution is 2.53. The highest BCUT2D eigenvalue weighted by molar-refractivity contribution is 6.01. The predicted octanol–water partition coefficient (Wildman–Crippen LogP) is 1.66. The first-order valence-corrected chi connectivity index (χ1v) is 8.69. The quantitative estimate of drug-likeness (QED) is 0.640. The molecule has 0 aromatic rings. The van der Waals surface area contributed by atoms with Gasteiger partial charge in [0.25, 0.3) is 11.8 Å². The van der Waals surface area contributed by atoms with E-state index >= 15 is 0 Å². The third-order valence-electron chi connectivity index (χ3n) is 6.16. The van der Waals surface area contributed by atoms with Crippen LogP contribution in [0, 0.1) is 22.2 Å². The number of nitrogens with zero attached hydrogens (tertiary/aromatic N) is 1. The molecule has 0 radical (unpaired) electrons. The molecule has 0 aromatic carbocycles. The van der Waals surface area contributed by atoms with Crippen molar-refractivity contribution in [1.29, 1.82) is 0 Å². The topological polar surface area (TPSA) is 104 Å². The van der Waals surface area contributed by atoms with Crippen LogP contribution in [0.2, 0.25) is 0 Å². The van der Waals surface area contributed by atoms with Crippen LogP contribution >= 0.6 is 0 Å². The lowest BCUT2D eigenvalue weighted by atomic mass is 9.53. The van der Waals surface area contributed by atoms with Gasteiger partial charge in [-0.2, -0.15) is 0 Å². The second-order valence-electron chi connectivity index (χ2n) is 8.25. The van der Waals surface area contributed by atoms with Crippen molar-refractivity contribution in [3.8, 4) is 0 Å². The molecule has 2 atom stereocenters. The van der Waals surface area contributed by atoms with Gasteiger partial charge >= 0.3 is 5.97 Å². The molecule has 0 aromatic heterocycles. The number of aliphatic hydroxyl groups is 2. The van der Waals surface area contributed by atoms with Gasteiger partial charge in [0.2, 0.25) is 0 Å². The first-order valence-electron chi connectivity index (χ1n) is 8.69. The van der Waals surface area contributed by atoms with Gasteiger partial charge in [0.05, 0.1) is 5.41 Å². The summed E-state index contributed by atoms with van der Waals surface area (Å²) in [7, 11) is 0. The maximum atomic E-state index is 12.9. The molecule has 0 bridgehead atoms. The molecule has 1 rings (SSSR count). The number of amides is 2. The summed E-state index contributed by atoms with van der Waals surface area (Å²) >= 11 is 0. The summed E-state index contributed by atoms with van der Waals surface area (Å²) in [5, 5.41) is 20.2. The van der Waals surface area contributed by atoms with Gasteiger partial charge in [0.1, 0.15) is 0 Å². The molecule has 7 nitrogen and oxygen atoms in total. The average Bonchev–Trinajstić information content (AvgIpc) is 2.85. The number of imide groups is 1. The van der Waals surface area contributed by atoms with E-state index in [1.807, 2.05) is 34.6 Å². The van der Waals surface area contributed by atoms with E-state index in [4.69, 9.17) is 4.84 Å². The summed E-state index contributed by atoms with van der Waals surface area (Å²) in [6, 6.07) is 0. The van der Waals surface area contributed by atoms with Crippen molar-refractivity contribution in [3.63, 3.8) is 0 Å². The van der Waals surface area contributed by atoms with E-state index in [-0.39, 0.29) is 26.1 Å². The number of aliphatic hydroxyl groups excluding tert-OH is 2. The number of hydrogen-bond acceptors (Lipinski definition) is 6. The van der Waals surface area contributed by atoms with Crippen molar-refractivity contribution in [1.82, 2.24) is 5.06 Å². The number of carbonyl (C=O) groups excluding carboxylic acids is 3. The Morgan fingerprint density at radius 2 is 1.60 bits per heavy atom. The van der Waals surface area contributed by atoms with Gasteiger partial charge in [-0.25, -0.2) is 4.79 Å². The first kappa shape index (κ1) is 21.6. The van der Waals surface area contributed by atoms with Crippen LogP contribution in [0.3, 0.4) is 0 Å². The summed E-state index contributed by atoms with van der Waals surface area (Å²) in [4.78, 5) is 41.6. The van der Waals surface area contributed by atoms with Crippen LogP contribution < -0.4 is 0 Å². The van der Waals surface area contributed by atoms with Crippen LogP contribution in [-0.2, 0) is 19.2 Å². The molecule has 1 fully saturated rings. The number of carbonyl (C=O) groups is 3. The smallest absolute Gasteiger partial charge is 0.339 e. The predicted molar refractivity (Wildman–Crippen MR) is 90.8 cm³/mol. The summed E-state index contributed by atoms with van der Waals surface area (Å²) in [5.74, 6) is -2.14. The highest BCUT2D eigenvalue weighted by Gasteiger charge is 2.55. The van der Waals surface area contributed by atoms with Crippen molar-refractivity contribution in [2.45, 2.75) is 60.8 Å². The molecule has 1 aliphatic heterocycles. The number of hydroxylamine groups is 2. The molecular formula is C18H31NO6. The Balaban J connectivity index is 3.19. The van der Waals surface area contributed by atoms with E-state index in [0.29, 0.717) is 11.5 Å². The van der Waals surface area contributed by atoms with Gasteiger partial charge in [0.15, 0.2) is 0 Å². The van der Waals surface area contributed by atoms with Gasteiger partial charge in [-0.1, -0.05) is 34.6 Å². The second kappa shape index (κ2) is 7.41. The molecule has 0 spiro atoms. The summed E-state index contributed by atoms with van der Waals surface area (Å²) in [6.45, 7) is 10.5. The number of rotatable bonds is 8. The first-order chi connectivity index (χ1) is 11.4. The molecular weight excluding hydrogens is 326 g/mol. The minimum atomic E-state index is -1.07. The zero-order valence-electron chi connectivity index (χ0n) is 16.1. The van der Waals surface area contributed by atoms with Gasteiger partial charge in [-0.3, -0.25) is 9.59 Å². The monoisotopic (exact) mass is 357 g/mol. The molecule has 1 heterocycles. The average molecular weight is 357 g/mol. The van der Waals surface area contributed by atoms with Crippen molar-refractivity contribution in [2.75, 3.05) is 13.2 Å². The zero-order chi connectivity index (χ0) is 19.6. The molecule has 1 unspecified atom stereocenters. The molecule has 0 saturated carbocycles. The lowest BCUT2D eigenvalue weighted by molar-refractivity contribution is -0.214. The summed E-state index contributed by atoms with van der Waals surface area (Å²) < 4.78 is 0. The van der Waals surface area contributed by atoms with Crippen molar-refractivity contribution in [3.05, 3.63) is 0 Å². The van der Waals surface area contributed by atoms with E-state index in [1.54, 1.807) is 6.92 Å². The van der Waals surface area contributed by atoms with Crippen LogP contribution in [0.1, 0.15) is 60.8 Å². The molecule has 2 N–H and O–H groups in total. The Kier molecular flexibility index (Phi) is 6.40. The van der Waals surface area contributed by atoms with Crippen molar-refractivity contribution in [2.24, 2.45) is 22.2 Å². The Labute approximate surface area is 149 Å². The Morgan fingerprint density at radius 1 is 1.12 bits per heavy atom. The minimum absolute atomic E-state index is 0.0369. The van der Waals surface area contributed by atoms with E-state index in [0.717, 1.165) is 0 Å². The summed E-state index contributed by atoms with van der Waals surface area (Å²) in [5.41, 5.74) is -2.48. The van der Waals surface area contributed by atoms with Crippen LogP contribution in [0.5, 0.6) is 0 Å². The highest BCUT2D eigenvalue weighted by atomic mass is 16.7. The molecule has 1 saturated heterocycles. The largest absolute Gasteiger partial charge is 0.396 e. The van der Waals surface area contributed by atoms with Crippen LogP contribution in [-0.4, -0.2) is 46.3 Å². The van der Waals surface area contributed by atoms with Gasteiger partial charge < -0.3 is 15.1 Å². The van der Waals surface area contributed by atoms with E-state index in [2.05, 4.69) is 0 Å². The maximum absolute atomic E-state index is 12.9. The third-order valence-corrected chi connectivity index (χ3v) is 6.16. The molecule has 7 heteroatoms. The van der Waals surface area contributed by atoms with Crippen molar-refractivity contribution >= 4 is 17.8 Å². The lowest BCUT2D eigenvalue weighted by Crippen LogP contribution is -2.54. The van der Waals surface area contributed by atoms with Gasteiger partial charge in [-0.05, 0) is 30.1 Å². The van der Waals surface area contributed by atoms with Gasteiger partial charge in [0, 0.05) is 26.1 Å². The third kappa shape index (κ3) is 3.72. The Bertz CT molecular complexity index is 526. The Hall–Kier alpha value is -1.47. The van der Waals surface area contributed by atoms with E-state index in [9.17, 15) is 24.6 Å². The fourth-order valence-corrected chi connectivity index (χ4v) is 3.65. The van der Waals surface area contributed by atoms with Crippen LogP contribution in [0.25, 0.3) is 0 Å². The molecule has 25 heavy (non-hydrogen) atoms. The second-order valence-corrected chi connectivity index (χ2v) is 8.25. The van der Waals surface area contributed by atoms with E-state index < -0.39 is 39.9 Å². The molecule has 1 aliphatic rings. The SMILES string of the molecule is CCC(C)(C(=O)ON1C(=O)CCC1=O)C(C)(C)[C@H](CO)C(C)(C)CO. The number of hydrogen-bond donors (Lipinski definition) is 2. The Morgan fingerprint density at radius 3 is 1.96 bits per heavy atom. The molecule has 2 amide bonds.